The van der Waals surface area contributed by atoms with Gasteiger partial charge < -0.3 is 37.7 Å². The Morgan fingerprint density at radius 1 is 0.894 bits per heavy atom. The van der Waals surface area contributed by atoms with Gasteiger partial charge in [0.2, 0.25) is 5.75 Å². The van der Waals surface area contributed by atoms with Crippen molar-refractivity contribution in [2.45, 2.75) is 57.4 Å². The summed E-state index contributed by atoms with van der Waals surface area (Å²) in [5.41, 5.74) is 4.12. The summed E-state index contributed by atoms with van der Waals surface area (Å²) in [5.74, 6) is 0.461. The number of hydrogen-bond acceptors (Lipinski definition) is 10. The fourth-order valence-electron chi connectivity index (χ4n) is 8.50. The van der Waals surface area contributed by atoms with Crippen molar-refractivity contribution >= 4 is 22.8 Å². The normalized spacial score (nSPS) is 25.4. The molecule has 11 heteroatoms. The monoisotopic (exact) mass is 650 g/mol. The Kier molecular flexibility index (Phi) is 9.31. The third-order valence-electron chi connectivity index (χ3n) is 10.5. The van der Waals surface area contributed by atoms with Crippen molar-refractivity contribution in [2.75, 3.05) is 55.7 Å². The molecular formula is C36H46N2O9. The quantitative estimate of drug-likeness (QED) is 0.286. The van der Waals surface area contributed by atoms with Gasteiger partial charge in [-0.15, -0.1) is 0 Å². The fourth-order valence-corrected chi connectivity index (χ4v) is 8.50. The number of carbonyl (C=O) groups excluding carboxylic acids is 2. The SMILES string of the molecule is COC(=O)[C@H]1[C@H]2C[C@@H]3c4c(c5ccc(OC)cc5n4C(C)C)CCN3C[C@H]2C[C@@H](OC(=O)c2cc(OC)c(OC)c(OC)c2)[C@@H]1OC. The zero-order chi connectivity index (χ0) is 33.6. The number of methoxy groups -OCH3 is 6. The molecule has 1 aliphatic carbocycles. The number of ether oxygens (including phenoxy) is 7. The second kappa shape index (κ2) is 13.3. The van der Waals surface area contributed by atoms with Crippen molar-refractivity contribution in [3.63, 3.8) is 0 Å². The molecule has 2 aromatic carbocycles. The maximum atomic E-state index is 13.6. The standard InChI is InChI=1S/C36H46N2O9/c1-19(2)38-26-16-22(41-3)9-10-23(26)24-11-12-37-18-21-15-30(34(45-7)31(36(40)46-8)25(21)17-27(37)32(24)38)47-35(39)20-13-28(42-4)33(44-6)29(14-20)43-5/h9-10,13-14,16,19,21,25,27,30-31,34H,11-12,15,17-18H2,1-8H3/t21-,25+,27-,30-,31+,34+/m1/s1. The van der Waals surface area contributed by atoms with Gasteiger partial charge in [0.15, 0.2) is 11.5 Å². The molecule has 0 amide bonds. The average Bonchev–Trinajstić information content (AvgIpc) is 3.43. The van der Waals surface area contributed by atoms with Crippen LogP contribution in [0.3, 0.4) is 0 Å². The van der Waals surface area contributed by atoms with Crippen molar-refractivity contribution in [1.82, 2.24) is 9.47 Å². The van der Waals surface area contributed by atoms with E-state index in [0.717, 1.165) is 31.7 Å². The Balaban J connectivity index is 1.34. The van der Waals surface area contributed by atoms with E-state index in [2.05, 4.69) is 35.4 Å². The first kappa shape index (κ1) is 33.0. The maximum absolute atomic E-state index is 13.6. The highest BCUT2D eigenvalue weighted by Gasteiger charge is 2.55. The molecule has 0 radical (unpaired) electrons. The molecule has 2 fully saturated rings. The zero-order valence-corrected chi connectivity index (χ0v) is 28.5. The number of fused-ring (bicyclic) bond motifs is 6. The minimum Gasteiger partial charge on any atom is -0.497 e. The number of esters is 2. The van der Waals surface area contributed by atoms with E-state index in [1.807, 2.05) is 6.07 Å². The first-order chi connectivity index (χ1) is 22.7. The topological polar surface area (TPSA) is 107 Å². The summed E-state index contributed by atoms with van der Waals surface area (Å²) in [7, 11) is 9.17. The van der Waals surface area contributed by atoms with Crippen molar-refractivity contribution < 1.29 is 42.7 Å². The number of benzene rings is 2. The summed E-state index contributed by atoms with van der Waals surface area (Å²) >= 11 is 0. The van der Waals surface area contributed by atoms with Crippen LogP contribution in [0.2, 0.25) is 0 Å². The third kappa shape index (κ3) is 5.57. The van der Waals surface area contributed by atoms with Gasteiger partial charge in [-0.05, 0) is 74.8 Å². The molecule has 11 nitrogen and oxygen atoms in total. The molecule has 0 spiro atoms. The van der Waals surface area contributed by atoms with Crippen LogP contribution in [-0.4, -0.2) is 89.4 Å². The lowest BCUT2D eigenvalue weighted by molar-refractivity contribution is -0.176. The number of carbonyl (C=O) groups is 2. The van der Waals surface area contributed by atoms with Crippen LogP contribution in [0.15, 0.2) is 30.3 Å². The lowest BCUT2D eigenvalue weighted by Gasteiger charge is -2.53. The van der Waals surface area contributed by atoms with E-state index in [1.54, 1.807) is 26.4 Å². The van der Waals surface area contributed by atoms with Crippen molar-refractivity contribution in [1.29, 1.82) is 0 Å². The maximum Gasteiger partial charge on any atom is 0.338 e. The molecule has 47 heavy (non-hydrogen) atoms. The fraction of sp³-hybridized carbons (Fsp3) is 0.556. The summed E-state index contributed by atoms with van der Waals surface area (Å²) in [6, 6.07) is 9.84. The summed E-state index contributed by atoms with van der Waals surface area (Å²) in [6.07, 6.45) is 0.929. The smallest absolute Gasteiger partial charge is 0.338 e. The first-order valence-electron chi connectivity index (χ1n) is 16.3. The predicted molar refractivity (Wildman–Crippen MR) is 175 cm³/mol. The first-order valence-corrected chi connectivity index (χ1v) is 16.3. The molecule has 3 aliphatic rings. The molecule has 3 aromatic rings. The highest BCUT2D eigenvalue weighted by Crippen LogP contribution is 2.52. The lowest BCUT2D eigenvalue weighted by atomic mass is 9.63. The van der Waals surface area contributed by atoms with Crippen LogP contribution in [0.5, 0.6) is 23.0 Å². The summed E-state index contributed by atoms with van der Waals surface area (Å²) in [4.78, 5) is 29.8. The molecule has 6 atom stereocenters. The second-order valence-electron chi connectivity index (χ2n) is 13.0. The van der Waals surface area contributed by atoms with Crippen LogP contribution in [0.4, 0.5) is 0 Å². The second-order valence-corrected chi connectivity index (χ2v) is 13.0. The van der Waals surface area contributed by atoms with Gasteiger partial charge >= 0.3 is 11.9 Å². The van der Waals surface area contributed by atoms with Crippen LogP contribution in [0.25, 0.3) is 10.9 Å². The van der Waals surface area contributed by atoms with Crippen molar-refractivity contribution in [2.24, 2.45) is 17.8 Å². The zero-order valence-electron chi connectivity index (χ0n) is 28.5. The van der Waals surface area contributed by atoms with Gasteiger partial charge in [0.25, 0.3) is 0 Å². The third-order valence-corrected chi connectivity index (χ3v) is 10.5. The van der Waals surface area contributed by atoms with E-state index in [1.165, 1.54) is 50.6 Å². The number of aromatic nitrogens is 1. The van der Waals surface area contributed by atoms with E-state index in [4.69, 9.17) is 33.2 Å². The molecule has 6 rings (SSSR count). The summed E-state index contributed by atoms with van der Waals surface area (Å²) in [6.45, 7) is 6.13. The highest BCUT2D eigenvalue weighted by atomic mass is 16.6. The van der Waals surface area contributed by atoms with Crippen LogP contribution in [-0.2, 0) is 25.4 Å². The van der Waals surface area contributed by atoms with Crippen LogP contribution < -0.4 is 18.9 Å². The average molecular weight is 651 g/mol. The molecule has 0 bridgehead atoms. The lowest BCUT2D eigenvalue weighted by Crippen LogP contribution is -2.58. The summed E-state index contributed by atoms with van der Waals surface area (Å²) < 4.78 is 42.0. The number of piperidine rings is 1. The van der Waals surface area contributed by atoms with Gasteiger partial charge in [0.1, 0.15) is 18.0 Å². The molecule has 0 unspecified atom stereocenters. The molecule has 2 aliphatic heterocycles. The molecule has 0 N–H and O–H groups in total. The van der Waals surface area contributed by atoms with Gasteiger partial charge in [-0.25, -0.2) is 4.79 Å². The summed E-state index contributed by atoms with van der Waals surface area (Å²) in [5, 5.41) is 1.26. The van der Waals surface area contributed by atoms with Gasteiger partial charge in [0.05, 0.1) is 58.6 Å². The predicted octanol–water partition coefficient (Wildman–Crippen LogP) is 5.23. The van der Waals surface area contributed by atoms with Gasteiger partial charge in [-0.1, -0.05) is 0 Å². The Labute approximate surface area is 275 Å². The Morgan fingerprint density at radius 2 is 1.62 bits per heavy atom. The van der Waals surface area contributed by atoms with E-state index >= 15 is 0 Å². The number of rotatable bonds is 9. The van der Waals surface area contributed by atoms with Crippen molar-refractivity contribution in [3.05, 3.63) is 47.2 Å². The van der Waals surface area contributed by atoms with Crippen LogP contribution >= 0.6 is 0 Å². The van der Waals surface area contributed by atoms with Crippen LogP contribution in [0.1, 0.15) is 60.4 Å². The van der Waals surface area contributed by atoms with Crippen molar-refractivity contribution in [3.8, 4) is 23.0 Å². The number of hydrogen-bond donors (Lipinski definition) is 0. The Hall–Kier alpha value is -3.96. The highest BCUT2D eigenvalue weighted by molar-refractivity contribution is 5.91. The minimum absolute atomic E-state index is 0.0242. The molecule has 254 valence electrons. The number of nitrogens with zero attached hydrogens (tertiary/aromatic N) is 2. The molecular weight excluding hydrogens is 604 g/mol. The van der Waals surface area contributed by atoms with Gasteiger partial charge in [-0.3, -0.25) is 9.69 Å². The molecule has 1 aromatic heterocycles. The van der Waals surface area contributed by atoms with Gasteiger partial charge in [-0.2, -0.15) is 0 Å². The minimum atomic E-state index is -0.676. The Bertz CT molecular complexity index is 1620. The van der Waals surface area contributed by atoms with E-state index in [0.29, 0.717) is 23.7 Å². The molecule has 1 saturated carbocycles. The Morgan fingerprint density at radius 3 is 2.21 bits per heavy atom. The van der Waals surface area contributed by atoms with E-state index < -0.39 is 24.1 Å². The van der Waals surface area contributed by atoms with E-state index in [-0.39, 0.29) is 35.5 Å². The largest absolute Gasteiger partial charge is 0.497 e. The molecule has 3 heterocycles. The van der Waals surface area contributed by atoms with E-state index in [9.17, 15) is 9.59 Å². The molecule has 1 saturated heterocycles. The van der Waals surface area contributed by atoms with Crippen LogP contribution in [0, 0.1) is 17.8 Å². The van der Waals surface area contributed by atoms with Gasteiger partial charge in [0, 0.05) is 43.4 Å².